The van der Waals surface area contributed by atoms with Crippen LogP contribution >= 0.6 is 0 Å². The Bertz CT molecular complexity index is 2340. The van der Waals surface area contributed by atoms with Crippen LogP contribution in [0, 0.1) is 17.8 Å². The number of rotatable bonds is 18. The molecule has 5 heterocycles. The highest BCUT2D eigenvalue weighted by molar-refractivity contribution is 6.30. The van der Waals surface area contributed by atoms with Gasteiger partial charge in [0.05, 0.1) is 42.3 Å². The molecule has 64 heavy (non-hydrogen) atoms. The Morgan fingerprint density at radius 1 is 1.02 bits per heavy atom. The first kappa shape index (κ1) is 44.7. The summed E-state index contributed by atoms with van der Waals surface area (Å²) in [6, 6.07) is 8.55. The summed E-state index contributed by atoms with van der Waals surface area (Å²) in [6.07, 6.45) is 6.61. The van der Waals surface area contributed by atoms with Crippen LogP contribution in [0.5, 0.6) is 0 Å². The zero-order chi connectivity index (χ0) is 44.7. The Hall–Kier alpha value is -5.92. The number of Topliss-reactive ketones (excluding diaryl/α,β-unsaturated/α-hetero) is 2. The first-order chi connectivity index (χ1) is 31.0. The summed E-state index contributed by atoms with van der Waals surface area (Å²) in [5.41, 5.74) is 1.19. The van der Waals surface area contributed by atoms with E-state index in [0.717, 1.165) is 51.0 Å². The van der Waals surface area contributed by atoms with Gasteiger partial charge in [0.15, 0.2) is 23.0 Å². The molecular formula is C45H53F2N9O8. The number of aromatic nitrogens is 4. The summed E-state index contributed by atoms with van der Waals surface area (Å²) in [5, 5.41) is 12.3. The van der Waals surface area contributed by atoms with E-state index in [9.17, 15) is 32.8 Å². The van der Waals surface area contributed by atoms with Gasteiger partial charge in [0, 0.05) is 81.6 Å². The molecule has 0 spiro atoms. The normalized spacial score (nSPS) is 21.4. The number of piperidine rings is 1. The van der Waals surface area contributed by atoms with Crippen molar-refractivity contribution in [3.63, 3.8) is 0 Å². The standard InChI is InChI=1S/C45H53F2N9O8/c1-54(16-4-20-62-19-3-14-48-32-6-2-5-30-37(32)41(59)38(40(30)58)31-11-12-36(57)52-43(31)60)24-27-7-9-29(10-8-27)56-25-33(39(53-56)42(46)47)50-44(61)34-26-64-45(51-34)28-13-15-49-35(23-28)55-17-21-63-22-18-55/h2,5-6,13,15,23,25-27,29,31,38,42,48H,3-4,7-12,14,16-22,24H2,1H3,(H,50,61)(H,52,57,60). The molecular weight excluding hydrogens is 833 g/mol. The van der Waals surface area contributed by atoms with Crippen LogP contribution in [0.1, 0.15) is 101 Å². The molecule has 2 aliphatic heterocycles. The number of alkyl halides is 2. The number of nitrogens with zero attached hydrogens (tertiary/aromatic N) is 6. The lowest BCUT2D eigenvalue weighted by atomic mass is 9.82. The second-order valence-electron chi connectivity index (χ2n) is 16.9. The maximum Gasteiger partial charge on any atom is 0.284 e. The molecule has 2 aliphatic carbocycles. The van der Waals surface area contributed by atoms with Gasteiger partial charge >= 0.3 is 0 Å². The number of ether oxygens (including phenoxy) is 2. The summed E-state index contributed by atoms with van der Waals surface area (Å²) < 4.78 is 46.8. The average Bonchev–Trinajstić information content (AvgIpc) is 4.03. The molecule has 3 amide bonds. The van der Waals surface area contributed by atoms with Gasteiger partial charge in [-0.15, -0.1) is 0 Å². The number of anilines is 3. The second-order valence-corrected chi connectivity index (χ2v) is 16.9. The molecule has 4 aromatic rings. The van der Waals surface area contributed by atoms with Gasteiger partial charge in [-0.1, -0.05) is 12.1 Å². The van der Waals surface area contributed by atoms with E-state index in [2.05, 4.69) is 47.9 Å². The number of benzene rings is 1. The van der Waals surface area contributed by atoms with E-state index in [1.165, 1.54) is 12.5 Å². The first-order valence-corrected chi connectivity index (χ1v) is 22.0. The molecule has 1 aromatic carbocycles. The van der Waals surface area contributed by atoms with Gasteiger partial charge in [0.2, 0.25) is 17.7 Å². The molecule has 1 saturated carbocycles. The molecule has 0 bridgehead atoms. The van der Waals surface area contributed by atoms with Crippen LogP contribution < -0.4 is 20.9 Å². The maximum absolute atomic E-state index is 14.2. The fourth-order valence-corrected chi connectivity index (χ4v) is 9.13. The molecule has 3 N–H and O–H groups in total. The van der Waals surface area contributed by atoms with E-state index in [-0.39, 0.29) is 47.7 Å². The average molecular weight is 886 g/mol. The van der Waals surface area contributed by atoms with Crippen LogP contribution in [0.4, 0.5) is 26.0 Å². The van der Waals surface area contributed by atoms with Crippen molar-refractivity contribution < 1.29 is 46.6 Å². The van der Waals surface area contributed by atoms with Gasteiger partial charge in [0.1, 0.15) is 12.1 Å². The summed E-state index contributed by atoms with van der Waals surface area (Å²) in [4.78, 5) is 76.9. The number of oxazole rings is 1. The summed E-state index contributed by atoms with van der Waals surface area (Å²) in [7, 11) is 2.08. The van der Waals surface area contributed by atoms with Gasteiger partial charge in [-0.2, -0.15) is 5.10 Å². The van der Waals surface area contributed by atoms with Gasteiger partial charge in [-0.25, -0.2) is 18.7 Å². The lowest BCUT2D eigenvalue weighted by Crippen LogP contribution is -2.46. The fourth-order valence-electron chi connectivity index (χ4n) is 9.13. The van der Waals surface area contributed by atoms with Gasteiger partial charge in [-0.3, -0.25) is 34.0 Å². The second kappa shape index (κ2) is 20.3. The zero-order valence-corrected chi connectivity index (χ0v) is 35.7. The highest BCUT2D eigenvalue weighted by atomic mass is 19.3. The lowest BCUT2D eigenvalue weighted by molar-refractivity contribution is -0.137. The van der Waals surface area contributed by atoms with Gasteiger partial charge < -0.3 is 34.3 Å². The number of imide groups is 1. The van der Waals surface area contributed by atoms with Crippen LogP contribution in [0.25, 0.3) is 11.5 Å². The van der Waals surface area contributed by atoms with E-state index in [1.54, 1.807) is 35.1 Å². The van der Waals surface area contributed by atoms with Gasteiger partial charge in [-0.05, 0) is 76.1 Å². The topological polar surface area (TPSA) is 203 Å². The number of pyridine rings is 1. The number of hydrogen-bond acceptors (Lipinski definition) is 14. The van der Waals surface area contributed by atoms with Crippen molar-refractivity contribution in [1.82, 2.24) is 30.0 Å². The SMILES string of the molecule is CN(CCCOCCCNc1cccc2c1C(=O)C(C1CCC(=O)NC1=O)C2=O)CC1CCC(n2cc(NC(=O)c3coc(-c4ccnc(N5CCOCC5)c4)n3)c(C(F)F)n2)CC1. The third kappa shape index (κ3) is 10.2. The molecule has 17 nitrogen and oxygen atoms in total. The number of morpholine rings is 1. The number of carbonyl (C=O) groups is 5. The molecule has 19 heteroatoms. The van der Waals surface area contributed by atoms with E-state index < -0.39 is 41.7 Å². The monoisotopic (exact) mass is 885 g/mol. The van der Waals surface area contributed by atoms with Crippen LogP contribution in [0.15, 0.2) is 53.4 Å². The summed E-state index contributed by atoms with van der Waals surface area (Å²) in [5.74, 6) is -2.97. The minimum absolute atomic E-state index is 0.0482. The van der Waals surface area contributed by atoms with E-state index in [0.29, 0.717) is 80.8 Å². The van der Waals surface area contributed by atoms with Crippen molar-refractivity contribution in [2.75, 3.05) is 81.7 Å². The summed E-state index contributed by atoms with van der Waals surface area (Å²) >= 11 is 0. The molecule has 0 radical (unpaired) electrons. The van der Waals surface area contributed by atoms with E-state index in [4.69, 9.17) is 13.9 Å². The number of amides is 3. The number of hydrogen-bond donors (Lipinski definition) is 3. The maximum atomic E-state index is 14.2. The Kier molecular flexibility index (Phi) is 14.2. The number of halogens is 2. The fraction of sp³-hybridized carbons (Fsp3) is 0.511. The van der Waals surface area contributed by atoms with Crippen LogP contribution in [-0.4, -0.2) is 120 Å². The predicted octanol–water partition coefficient (Wildman–Crippen LogP) is 5.58. The number of nitrogens with one attached hydrogen (secondary N) is 3. The van der Waals surface area contributed by atoms with Crippen molar-refractivity contribution in [3.8, 4) is 11.5 Å². The van der Waals surface area contributed by atoms with Crippen molar-refractivity contribution in [2.24, 2.45) is 17.8 Å². The number of fused-ring (bicyclic) bond motifs is 1. The molecule has 2 saturated heterocycles. The number of carbonyl (C=O) groups excluding carboxylic acids is 5. The smallest absolute Gasteiger partial charge is 0.284 e. The predicted molar refractivity (Wildman–Crippen MR) is 229 cm³/mol. The molecule has 3 aromatic heterocycles. The highest BCUT2D eigenvalue weighted by Gasteiger charge is 2.48. The lowest BCUT2D eigenvalue weighted by Gasteiger charge is -2.31. The molecule has 8 rings (SSSR count). The number of ketones is 2. The third-order valence-electron chi connectivity index (χ3n) is 12.5. The van der Waals surface area contributed by atoms with Crippen LogP contribution in [0.3, 0.4) is 0 Å². The first-order valence-electron chi connectivity index (χ1n) is 22.0. The van der Waals surface area contributed by atoms with E-state index >= 15 is 0 Å². The molecule has 3 fully saturated rings. The van der Waals surface area contributed by atoms with Crippen LogP contribution in [0.2, 0.25) is 0 Å². The Labute approximate surface area is 368 Å². The molecule has 4 aliphatic rings. The highest BCUT2D eigenvalue weighted by Crippen LogP contribution is 2.39. The Balaban J connectivity index is 0.731. The Morgan fingerprint density at radius 3 is 2.59 bits per heavy atom. The van der Waals surface area contributed by atoms with Crippen LogP contribution in [-0.2, 0) is 19.1 Å². The van der Waals surface area contributed by atoms with Crippen molar-refractivity contribution in [3.05, 3.63) is 71.5 Å². The third-order valence-corrected chi connectivity index (χ3v) is 12.5. The molecule has 340 valence electrons. The Morgan fingerprint density at radius 2 is 1.81 bits per heavy atom. The van der Waals surface area contributed by atoms with Crippen molar-refractivity contribution in [2.45, 2.75) is 63.8 Å². The molecule has 2 unspecified atom stereocenters. The largest absolute Gasteiger partial charge is 0.444 e. The minimum Gasteiger partial charge on any atom is -0.444 e. The van der Waals surface area contributed by atoms with Crippen molar-refractivity contribution >= 4 is 46.5 Å². The zero-order valence-electron chi connectivity index (χ0n) is 35.7. The van der Waals surface area contributed by atoms with E-state index in [1.807, 2.05) is 6.07 Å². The summed E-state index contributed by atoms with van der Waals surface area (Å²) in [6.45, 7) is 5.99. The minimum atomic E-state index is -2.89. The quantitative estimate of drug-likeness (QED) is 0.0635. The molecule has 2 atom stereocenters. The van der Waals surface area contributed by atoms with Gasteiger partial charge in [0.25, 0.3) is 12.3 Å². The van der Waals surface area contributed by atoms with Crippen molar-refractivity contribution in [1.29, 1.82) is 0 Å².